The third kappa shape index (κ3) is 3.49. The van der Waals surface area contributed by atoms with Gasteiger partial charge in [0.05, 0.1) is 16.6 Å². The van der Waals surface area contributed by atoms with E-state index < -0.39 is 0 Å². The lowest BCUT2D eigenvalue weighted by Crippen LogP contribution is -2.14. The quantitative estimate of drug-likeness (QED) is 0.744. The van der Waals surface area contributed by atoms with Crippen LogP contribution in [0.15, 0.2) is 46.9 Å². The molecule has 0 saturated carbocycles. The molecule has 0 aliphatic heterocycles. The van der Waals surface area contributed by atoms with Crippen LogP contribution in [0, 0.1) is 6.92 Å². The minimum atomic E-state index is -0.0429. The van der Waals surface area contributed by atoms with E-state index in [1.807, 2.05) is 49.4 Å². The Bertz CT molecular complexity index is 813. The van der Waals surface area contributed by atoms with Crippen LogP contribution in [0.2, 0.25) is 0 Å². The molecule has 0 aliphatic rings. The Morgan fingerprint density at radius 2 is 2.14 bits per heavy atom. The molecule has 106 valence electrons. The van der Waals surface area contributed by atoms with Gasteiger partial charge in [0.15, 0.2) is 5.13 Å². The number of aromatic nitrogens is 1. The first kappa shape index (κ1) is 14.2. The Hall–Kier alpha value is -1.72. The molecule has 3 rings (SSSR count). The predicted octanol–water partition coefficient (Wildman–Crippen LogP) is 4.55. The topological polar surface area (TPSA) is 42.0 Å². The standard InChI is InChI=1S/C16H13BrN2OS/c1-10-3-2-4-11(7-10)8-15(20)19-16-18-13-6-5-12(17)9-14(13)21-16/h2-7,9H,8H2,1H3,(H,18,19,20). The molecule has 0 radical (unpaired) electrons. The summed E-state index contributed by atoms with van der Waals surface area (Å²) >= 11 is 4.92. The molecule has 1 amide bonds. The van der Waals surface area contributed by atoms with Crippen LogP contribution in [-0.2, 0) is 11.2 Å². The molecule has 3 nitrogen and oxygen atoms in total. The van der Waals surface area contributed by atoms with Crippen molar-refractivity contribution in [3.63, 3.8) is 0 Å². The number of aryl methyl sites for hydroxylation is 1. The van der Waals surface area contributed by atoms with Crippen LogP contribution < -0.4 is 5.32 Å². The summed E-state index contributed by atoms with van der Waals surface area (Å²) in [6.07, 6.45) is 0.362. The number of carbonyl (C=O) groups excluding carboxylic acids is 1. The molecule has 1 aromatic heterocycles. The van der Waals surface area contributed by atoms with E-state index in [9.17, 15) is 4.79 Å². The number of amides is 1. The smallest absolute Gasteiger partial charge is 0.230 e. The van der Waals surface area contributed by atoms with Gasteiger partial charge in [0.2, 0.25) is 5.91 Å². The predicted molar refractivity (Wildman–Crippen MR) is 90.8 cm³/mol. The summed E-state index contributed by atoms with van der Waals surface area (Å²) in [5.74, 6) is -0.0429. The molecular formula is C16H13BrN2OS. The summed E-state index contributed by atoms with van der Waals surface area (Å²) in [5.41, 5.74) is 3.07. The number of hydrogen-bond acceptors (Lipinski definition) is 3. The number of hydrogen-bond donors (Lipinski definition) is 1. The van der Waals surface area contributed by atoms with Crippen LogP contribution in [-0.4, -0.2) is 10.9 Å². The molecule has 0 fully saturated rings. The van der Waals surface area contributed by atoms with Gasteiger partial charge >= 0.3 is 0 Å². The molecular weight excluding hydrogens is 348 g/mol. The van der Waals surface area contributed by atoms with Gasteiger partial charge in [-0.05, 0) is 30.7 Å². The zero-order valence-corrected chi connectivity index (χ0v) is 13.8. The maximum Gasteiger partial charge on any atom is 0.230 e. The van der Waals surface area contributed by atoms with Crippen molar-refractivity contribution in [1.29, 1.82) is 0 Å². The zero-order chi connectivity index (χ0) is 14.8. The number of halogens is 1. The molecule has 3 aromatic rings. The monoisotopic (exact) mass is 360 g/mol. The highest BCUT2D eigenvalue weighted by atomic mass is 79.9. The van der Waals surface area contributed by atoms with E-state index in [2.05, 4.69) is 26.2 Å². The Morgan fingerprint density at radius 3 is 2.95 bits per heavy atom. The molecule has 5 heteroatoms. The van der Waals surface area contributed by atoms with Crippen LogP contribution in [0.1, 0.15) is 11.1 Å². The van der Waals surface area contributed by atoms with Crippen molar-refractivity contribution in [2.24, 2.45) is 0 Å². The zero-order valence-electron chi connectivity index (χ0n) is 11.4. The minimum absolute atomic E-state index is 0.0429. The van der Waals surface area contributed by atoms with Gasteiger partial charge in [-0.15, -0.1) is 0 Å². The van der Waals surface area contributed by atoms with Crippen LogP contribution in [0.3, 0.4) is 0 Å². The molecule has 0 saturated heterocycles. The molecule has 1 N–H and O–H groups in total. The molecule has 0 bridgehead atoms. The van der Waals surface area contributed by atoms with Crippen molar-refractivity contribution in [1.82, 2.24) is 4.98 Å². The van der Waals surface area contributed by atoms with Crippen molar-refractivity contribution in [3.8, 4) is 0 Å². The number of nitrogens with one attached hydrogen (secondary N) is 1. The van der Waals surface area contributed by atoms with Gasteiger partial charge in [-0.1, -0.05) is 57.1 Å². The number of rotatable bonds is 3. The molecule has 0 spiro atoms. The van der Waals surface area contributed by atoms with E-state index in [-0.39, 0.29) is 5.91 Å². The van der Waals surface area contributed by atoms with E-state index in [1.54, 1.807) is 0 Å². The SMILES string of the molecule is Cc1cccc(CC(=O)Nc2nc3ccc(Br)cc3s2)c1. The molecule has 0 unspecified atom stereocenters. The first-order chi connectivity index (χ1) is 10.1. The third-order valence-electron chi connectivity index (χ3n) is 3.04. The van der Waals surface area contributed by atoms with Gasteiger partial charge in [0, 0.05) is 4.47 Å². The van der Waals surface area contributed by atoms with E-state index in [0.717, 1.165) is 25.8 Å². The lowest BCUT2D eigenvalue weighted by molar-refractivity contribution is -0.115. The van der Waals surface area contributed by atoms with Crippen LogP contribution >= 0.6 is 27.3 Å². The van der Waals surface area contributed by atoms with Gasteiger partial charge in [-0.3, -0.25) is 4.79 Å². The van der Waals surface area contributed by atoms with E-state index >= 15 is 0 Å². The maximum atomic E-state index is 12.1. The van der Waals surface area contributed by atoms with Crippen LogP contribution in [0.5, 0.6) is 0 Å². The van der Waals surface area contributed by atoms with Gasteiger partial charge in [-0.2, -0.15) is 0 Å². The summed E-state index contributed by atoms with van der Waals surface area (Å²) in [6.45, 7) is 2.02. The highest BCUT2D eigenvalue weighted by Gasteiger charge is 2.09. The minimum Gasteiger partial charge on any atom is -0.302 e. The number of thiazole rings is 1. The van der Waals surface area contributed by atoms with Gasteiger partial charge < -0.3 is 5.32 Å². The summed E-state index contributed by atoms with van der Waals surface area (Å²) in [4.78, 5) is 16.5. The normalized spacial score (nSPS) is 10.8. The fraction of sp³-hybridized carbons (Fsp3) is 0.125. The van der Waals surface area contributed by atoms with E-state index in [1.165, 1.54) is 11.3 Å². The number of benzene rings is 2. The summed E-state index contributed by atoms with van der Waals surface area (Å²) in [6, 6.07) is 13.9. The first-order valence-corrected chi connectivity index (χ1v) is 8.12. The number of carbonyl (C=O) groups is 1. The van der Waals surface area contributed by atoms with Crippen molar-refractivity contribution >= 4 is 48.5 Å². The highest BCUT2D eigenvalue weighted by Crippen LogP contribution is 2.28. The number of fused-ring (bicyclic) bond motifs is 1. The van der Waals surface area contributed by atoms with E-state index in [0.29, 0.717) is 11.6 Å². The Balaban J connectivity index is 1.74. The lowest BCUT2D eigenvalue weighted by Gasteiger charge is -2.02. The van der Waals surface area contributed by atoms with Crippen molar-refractivity contribution in [2.45, 2.75) is 13.3 Å². The average molecular weight is 361 g/mol. The van der Waals surface area contributed by atoms with Gasteiger partial charge in [0.25, 0.3) is 0 Å². The molecule has 0 aliphatic carbocycles. The van der Waals surface area contributed by atoms with Gasteiger partial charge in [0.1, 0.15) is 0 Å². The fourth-order valence-electron chi connectivity index (χ4n) is 2.12. The van der Waals surface area contributed by atoms with Gasteiger partial charge in [-0.25, -0.2) is 4.98 Å². The van der Waals surface area contributed by atoms with Crippen LogP contribution in [0.4, 0.5) is 5.13 Å². The average Bonchev–Trinajstić information content (AvgIpc) is 2.79. The molecule has 2 aromatic carbocycles. The molecule has 1 heterocycles. The fourth-order valence-corrected chi connectivity index (χ4v) is 3.56. The Labute approximate surface area is 135 Å². The van der Waals surface area contributed by atoms with Crippen molar-refractivity contribution < 1.29 is 4.79 Å². The molecule has 21 heavy (non-hydrogen) atoms. The van der Waals surface area contributed by atoms with Crippen LogP contribution in [0.25, 0.3) is 10.2 Å². The second-order valence-electron chi connectivity index (χ2n) is 4.85. The Kier molecular flexibility index (Phi) is 4.03. The third-order valence-corrected chi connectivity index (χ3v) is 4.47. The van der Waals surface area contributed by atoms with Crippen molar-refractivity contribution in [3.05, 3.63) is 58.1 Å². The summed E-state index contributed by atoms with van der Waals surface area (Å²) in [5, 5.41) is 3.51. The first-order valence-electron chi connectivity index (χ1n) is 6.52. The number of anilines is 1. The second-order valence-corrected chi connectivity index (χ2v) is 6.79. The molecule has 0 atom stereocenters. The second kappa shape index (κ2) is 5.95. The summed E-state index contributed by atoms with van der Waals surface area (Å²) < 4.78 is 2.06. The maximum absolute atomic E-state index is 12.1. The van der Waals surface area contributed by atoms with E-state index in [4.69, 9.17) is 0 Å². The van der Waals surface area contributed by atoms with Crippen molar-refractivity contribution in [2.75, 3.05) is 5.32 Å². The largest absolute Gasteiger partial charge is 0.302 e. The summed E-state index contributed by atoms with van der Waals surface area (Å²) in [7, 11) is 0. The lowest BCUT2D eigenvalue weighted by atomic mass is 10.1. The highest BCUT2D eigenvalue weighted by molar-refractivity contribution is 9.10. The Morgan fingerprint density at radius 1 is 1.29 bits per heavy atom. The number of nitrogens with zero attached hydrogens (tertiary/aromatic N) is 1.